The van der Waals surface area contributed by atoms with Gasteiger partial charge in [-0.05, 0) is 26.0 Å². The molecule has 6 nitrogen and oxygen atoms in total. The zero-order valence-electron chi connectivity index (χ0n) is 16.5. The number of para-hydroxylation sites is 2. The molecule has 6 heteroatoms. The van der Waals surface area contributed by atoms with E-state index in [9.17, 15) is 0 Å². The molecule has 0 aliphatic carbocycles. The number of hydrogen-bond acceptors (Lipinski definition) is 6. The third kappa shape index (κ3) is 5.44. The second-order valence-electron chi connectivity index (χ2n) is 6.54. The number of anilines is 3. The summed E-state index contributed by atoms with van der Waals surface area (Å²) in [6.07, 6.45) is 0.0748. The molecule has 0 unspecified atom stereocenters. The molecule has 28 heavy (non-hydrogen) atoms. The Kier molecular flexibility index (Phi) is 6.81. The molecule has 3 rings (SSSR count). The lowest BCUT2D eigenvalue weighted by Crippen LogP contribution is -2.11. The van der Waals surface area contributed by atoms with Gasteiger partial charge in [-0.3, -0.25) is 0 Å². The molecule has 0 aliphatic rings. The van der Waals surface area contributed by atoms with Crippen LogP contribution in [0.2, 0.25) is 0 Å². The second kappa shape index (κ2) is 9.71. The molecule has 0 amide bonds. The number of hydrogen-bond donors (Lipinski definition) is 2. The number of nitrogens with zero attached hydrogens (tertiary/aromatic N) is 2. The molecule has 2 aromatic carbocycles. The van der Waals surface area contributed by atoms with Crippen LogP contribution in [-0.4, -0.2) is 36.3 Å². The van der Waals surface area contributed by atoms with Crippen LogP contribution in [0.5, 0.6) is 5.75 Å². The Balaban J connectivity index is 1.92. The van der Waals surface area contributed by atoms with Crippen LogP contribution >= 0.6 is 0 Å². The first-order valence-corrected chi connectivity index (χ1v) is 9.35. The second-order valence-corrected chi connectivity index (χ2v) is 6.54. The van der Waals surface area contributed by atoms with Crippen molar-refractivity contribution in [3.05, 3.63) is 60.7 Å². The molecule has 0 saturated carbocycles. The SMILES string of the molecule is COCCNc1cc(-c2ccccc2)nc(Nc2ccccc2OC(C)C)n1. The number of rotatable bonds is 9. The minimum atomic E-state index is 0.0748. The molecule has 0 fully saturated rings. The van der Waals surface area contributed by atoms with Gasteiger partial charge in [-0.25, -0.2) is 4.98 Å². The summed E-state index contributed by atoms with van der Waals surface area (Å²) in [4.78, 5) is 9.30. The predicted octanol–water partition coefficient (Wildman–Crippen LogP) is 4.73. The van der Waals surface area contributed by atoms with Gasteiger partial charge in [0.1, 0.15) is 11.6 Å². The molecular formula is C22H26N4O2. The maximum atomic E-state index is 5.89. The van der Waals surface area contributed by atoms with Crippen LogP contribution in [0.4, 0.5) is 17.5 Å². The quantitative estimate of drug-likeness (QED) is 0.525. The van der Waals surface area contributed by atoms with E-state index in [1.165, 1.54) is 0 Å². The van der Waals surface area contributed by atoms with E-state index < -0.39 is 0 Å². The molecule has 0 spiro atoms. The summed E-state index contributed by atoms with van der Waals surface area (Å²) in [7, 11) is 1.68. The van der Waals surface area contributed by atoms with Crippen LogP contribution in [0.3, 0.4) is 0 Å². The van der Waals surface area contributed by atoms with Gasteiger partial charge in [0.05, 0.1) is 24.1 Å². The molecule has 0 radical (unpaired) electrons. The van der Waals surface area contributed by atoms with E-state index in [2.05, 4.69) is 15.6 Å². The lowest BCUT2D eigenvalue weighted by Gasteiger charge is -2.16. The molecule has 0 saturated heterocycles. The van der Waals surface area contributed by atoms with Gasteiger partial charge in [0.2, 0.25) is 5.95 Å². The molecule has 2 N–H and O–H groups in total. The summed E-state index contributed by atoms with van der Waals surface area (Å²) >= 11 is 0. The first kappa shape index (κ1) is 19.6. The number of ether oxygens (including phenoxy) is 2. The lowest BCUT2D eigenvalue weighted by molar-refractivity contribution is 0.210. The van der Waals surface area contributed by atoms with Crippen molar-refractivity contribution in [1.82, 2.24) is 9.97 Å². The summed E-state index contributed by atoms with van der Waals surface area (Å²) in [5.41, 5.74) is 2.68. The van der Waals surface area contributed by atoms with Crippen molar-refractivity contribution < 1.29 is 9.47 Å². The Morgan fingerprint density at radius 3 is 2.46 bits per heavy atom. The molecule has 3 aromatic rings. The third-order valence-electron chi connectivity index (χ3n) is 3.90. The van der Waals surface area contributed by atoms with Gasteiger partial charge >= 0.3 is 0 Å². The van der Waals surface area contributed by atoms with E-state index >= 15 is 0 Å². The zero-order valence-corrected chi connectivity index (χ0v) is 16.5. The van der Waals surface area contributed by atoms with Crippen molar-refractivity contribution in [3.8, 4) is 17.0 Å². The van der Waals surface area contributed by atoms with Gasteiger partial charge in [-0.2, -0.15) is 4.98 Å². The number of nitrogens with one attached hydrogen (secondary N) is 2. The van der Waals surface area contributed by atoms with Crippen LogP contribution < -0.4 is 15.4 Å². The van der Waals surface area contributed by atoms with E-state index in [4.69, 9.17) is 14.5 Å². The Morgan fingerprint density at radius 2 is 1.71 bits per heavy atom. The van der Waals surface area contributed by atoms with Crippen LogP contribution in [0.25, 0.3) is 11.3 Å². The molecule has 0 aliphatic heterocycles. The fraction of sp³-hybridized carbons (Fsp3) is 0.273. The van der Waals surface area contributed by atoms with Gasteiger partial charge < -0.3 is 20.1 Å². The number of methoxy groups -OCH3 is 1. The molecule has 0 atom stereocenters. The van der Waals surface area contributed by atoms with E-state index in [0.29, 0.717) is 19.1 Å². The molecular weight excluding hydrogens is 352 g/mol. The molecule has 1 heterocycles. The highest BCUT2D eigenvalue weighted by molar-refractivity contribution is 5.68. The van der Waals surface area contributed by atoms with Gasteiger partial charge in [0.25, 0.3) is 0 Å². The number of benzene rings is 2. The lowest BCUT2D eigenvalue weighted by atomic mass is 10.1. The average Bonchev–Trinajstić information content (AvgIpc) is 2.70. The van der Waals surface area contributed by atoms with Gasteiger partial charge in [-0.1, -0.05) is 42.5 Å². The predicted molar refractivity (Wildman–Crippen MR) is 113 cm³/mol. The Morgan fingerprint density at radius 1 is 0.964 bits per heavy atom. The highest BCUT2D eigenvalue weighted by Crippen LogP contribution is 2.29. The summed E-state index contributed by atoms with van der Waals surface area (Å²) in [6, 6.07) is 19.8. The van der Waals surface area contributed by atoms with Crippen LogP contribution in [0.1, 0.15) is 13.8 Å². The van der Waals surface area contributed by atoms with Crippen LogP contribution in [0.15, 0.2) is 60.7 Å². The van der Waals surface area contributed by atoms with E-state index in [-0.39, 0.29) is 6.10 Å². The van der Waals surface area contributed by atoms with Crippen LogP contribution in [-0.2, 0) is 4.74 Å². The van der Waals surface area contributed by atoms with Crippen molar-refractivity contribution in [2.75, 3.05) is 30.9 Å². The fourth-order valence-electron chi connectivity index (χ4n) is 2.68. The maximum Gasteiger partial charge on any atom is 0.229 e. The Bertz CT molecular complexity index is 885. The van der Waals surface area contributed by atoms with E-state index in [1.54, 1.807) is 7.11 Å². The molecule has 1 aromatic heterocycles. The molecule has 146 valence electrons. The average molecular weight is 378 g/mol. The maximum absolute atomic E-state index is 5.89. The fourth-order valence-corrected chi connectivity index (χ4v) is 2.68. The van der Waals surface area contributed by atoms with Gasteiger partial charge in [0, 0.05) is 25.3 Å². The van der Waals surface area contributed by atoms with Crippen LogP contribution in [0, 0.1) is 0 Å². The third-order valence-corrected chi connectivity index (χ3v) is 3.90. The van der Waals surface area contributed by atoms with Crippen molar-refractivity contribution >= 4 is 17.5 Å². The highest BCUT2D eigenvalue weighted by Gasteiger charge is 2.10. The van der Waals surface area contributed by atoms with E-state index in [0.717, 1.165) is 28.5 Å². The Labute approximate surface area is 166 Å². The summed E-state index contributed by atoms with van der Waals surface area (Å²) < 4.78 is 11.0. The minimum Gasteiger partial charge on any atom is -0.489 e. The molecule has 0 bridgehead atoms. The smallest absolute Gasteiger partial charge is 0.229 e. The van der Waals surface area contributed by atoms with Crippen molar-refractivity contribution in [3.63, 3.8) is 0 Å². The van der Waals surface area contributed by atoms with Crippen molar-refractivity contribution in [2.24, 2.45) is 0 Å². The largest absolute Gasteiger partial charge is 0.489 e. The summed E-state index contributed by atoms with van der Waals surface area (Å²) in [6.45, 7) is 5.26. The summed E-state index contributed by atoms with van der Waals surface area (Å²) in [5.74, 6) is 2.00. The standard InChI is InChI=1S/C22H26N4O2/c1-16(2)28-20-12-8-7-11-18(20)24-22-25-19(17-9-5-4-6-10-17)15-21(26-22)23-13-14-27-3/h4-12,15-16H,13-14H2,1-3H3,(H2,23,24,25,26). The van der Waals surface area contributed by atoms with E-state index in [1.807, 2.05) is 74.5 Å². The van der Waals surface area contributed by atoms with Gasteiger partial charge in [0.15, 0.2) is 0 Å². The van der Waals surface area contributed by atoms with Gasteiger partial charge in [-0.15, -0.1) is 0 Å². The number of aromatic nitrogens is 2. The Hall–Kier alpha value is -3.12. The first-order chi connectivity index (χ1) is 13.7. The first-order valence-electron chi connectivity index (χ1n) is 9.35. The minimum absolute atomic E-state index is 0.0748. The highest BCUT2D eigenvalue weighted by atomic mass is 16.5. The topological polar surface area (TPSA) is 68.3 Å². The zero-order chi connectivity index (χ0) is 19.8. The van der Waals surface area contributed by atoms with Crippen molar-refractivity contribution in [2.45, 2.75) is 20.0 Å². The monoisotopic (exact) mass is 378 g/mol. The summed E-state index contributed by atoms with van der Waals surface area (Å²) in [5, 5.41) is 6.58. The van der Waals surface area contributed by atoms with Crippen molar-refractivity contribution in [1.29, 1.82) is 0 Å². The normalized spacial score (nSPS) is 10.7.